The van der Waals surface area contributed by atoms with Crippen LogP contribution in [0.1, 0.15) is 73.7 Å². The maximum atomic E-state index is 13.0. The van der Waals surface area contributed by atoms with Gasteiger partial charge in [0.2, 0.25) is 15.9 Å². The first-order chi connectivity index (χ1) is 16.4. The van der Waals surface area contributed by atoms with E-state index in [4.69, 9.17) is 4.74 Å². The van der Waals surface area contributed by atoms with Gasteiger partial charge in [0.05, 0.1) is 18.0 Å². The number of carbonyl (C=O) groups is 1. The van der Waals surface area contributed by atoms with Crippen LogP contribution in [0, 0.1) is 0 Å². The van der Waals surface area contributed by atoms with Crippen molar-refractivity contribution < 1.29 is 17.9 Å². The van der Waals surface area contributed by atoms with Gasteiger partial charge in [-0.25, -0.2) is 8.42 Å². The number of carbonyl (C=O) groups excluding carboxylic acids is 1. The van der Waals surface area contributed by atoms with Crippen molar-refractivity contribution in [1.29, 1.82) is 0 Å². The molecule has 0 unspecified atom stereocenters. The lowest BCUT2D eigenvalue weighted by atomic mass is 9.88. The van der Waals surface area contributed by atoms with E-state index in [1.807, 2.05) is 0 Å². The zero-order chi connectivity index (χ0) is 24.1. The van der Waals surface area contributed by atoms with Gasteiger partial charge >= 0.3 is 0 Å². The van der Waals surface area contributed by atoms with Crippen LogP contribution in [0.25, 0.3) is 0 Å². The first kappa shape index (κ1) is 24.7. The van der Waals surface area contributed by atoms with Crippen LogP contribution in [-0.2, 0) is 34.1 Å². The number of fused-ring (bicyclic) bond motifs is 1. The summed E-state index contributed by atoms with van der Waals surface area (Å²) in [6, 6.07) is 11.6. The third-order valence-electron chi connectivity index (χ3n) is 7.09. The Kier molecular flexibility index (Phi) is 7.94. The average Bonchev–Trinajstić information content (AvgIpc) is 3.41. The standard InChI is InChI=1S/C27H36N2O4S/c1-3-25(22-11-10-20-8-4-5-9-21(20)18-22)28-27(30)15-12-23-19-24(13-14-26(23)33-2)34(31,32)29-16-6-7-17-29/h10-11,13-14,18-19,25H,3-9,12,15-17H2,1-2H3,(H,28,30)/t25-/m1/s1. The first-order valence-corrected chi connectivity index (χ1v) is 13.9. The molecule has 1 heterocycles. The van der Waals surface area contributed by atoms with Crippen LogP contribution in [-0.4, -0.2) is 38.8 Å². The van der Waals surface area contributed by atoms with Crippen LogP contribution in [0.15, 0.2) is 41.3 Å². The monoisotopic (exact) mass is 484 g/mol. The molecule has 34 heavy (non-hydrogen) atoms. The van der Waals surface area contributed by atoms with Crippen molar-refractivity contribution in [3.05, 3.63) is 58.7 Å². The number of rotatable bonds is 9. The highest BCUT2D eigenvalue weighted by molar-refractivity contribution is 7.89. The molecule has 0 radical (unpaired) electrons. The molecule has 0 bridgehead atoms. The van der Waals surface area contributed by atoms with Crippen LogP contribution in [0.2, 0.25) is 0 Å². The van der Waals surface area contributed by atoms with Gasteiger partial charge in [-0.05, 0) is 91.8 Å². The molecule has 4 rings (SSSR count). The summed E-state index contributed by atoms with van der Waals surface area (Å²) >= 11 is 0. The molecule has 2 aliphatic rings. The summed E-state index contributed by atoms with van der Waals surface area (Å²) in [6.07, 6.45) is 8.04. The second-order valence-corrected chi connectivity index (χ2v) is 11.3. The quantitative estimate of drug-likeness (QED) is 0.566. The van der Waals surface area contributed by atoms with E-state index in [0.717, 1.165) is 43.2 Å². The lowest BCUT2D eigenvalue weighted by Crippen LogP contribution is -2.29. The van der Waals surface area contributed by atoms with Crippen molar-refractivity contribution in [2.24, 2.45) is 0 Å². The van der Waals surface area contributed by atoms with Gasteiger partial charge in [-0.1, -0.05) is 25.1 Å². The summed E-state index contributed by atoms with van der Waals surface area (Å²) in [4.78, 5) is 13.1. The fraction of sp³-hybridized carbons (Fsp3) is 0.519. The van der Waals surface area contributed by atoms with E-state index < -0.39 is 10.0 Å². The first-order valence-electron chi connectivity index (χ1n) is 12.5. The molecule has 1 aliphatic carbocycles. The van der Waals surface area contributed by atoms with Crippen LogP contribution < -0.4 is 10.1 Å². The highest BCUT2D eigenvalue weighted by atomic mass is 32.2. The number of ether oxygens (including phenoxy) is 1. The molecule has 2 aromatic carbocycles. The molecule has 1 aliphatic heterocycles. The topological polar surface area (TPSA) is 75.7 Å². The summed E-state index contributed by atoms with van der Waals surface area (Å²) in [5, 5.41) is 3.18. The van der Waals surface area contributed by atoms with Crippen molar-refractivity contribution in [3.63, 3.8) is 0 Å². The number of hydrogen-bond acceptors (Lipinski definition) is 4. The minimum Gasteiger partial charge on any atom is -0.496 e. The third-order valence-corrected chi connectivity index (χ3v) is 8.99. The second kappa shape index (κ2) is 10.9. The van der Waals surface area contributed by atoms with Gasteiger partial charge in [-0.2, -0.15) is 4.31 Å². The number of methoxy groups -OCH3 is 1. The van der Waals surface area contributed by atoms with Crippen LogP contribution in [0.3, 0.4) is 0 Å². The molecule has 1 amide bonds. The summed E-state index contributed by atoms with van der Waals surface area (Å²) in [5.74, 6) is 0.564. The van der Waals surface area contributed by atoms with Crippen LogP contribution in [0.4, 0.5) is 0 Å². The minimum absolute atomic E-state index is 0.0245. The fourth-order valence-corrected chi connectivity index (χ4v) is 6.66. The molecule has 1 saturated heterocycles. The largest absolute Gasteiger partial charge is 0.496 e. The molecule has 7 heteroatoms. The fourth-order valence-electron chi connectivity index (χ4n) is 5.09. The van der Waals surface area contributed by atoms with Gasteiger partial charge in [-0.15, -0.1) is 0 Å². The van der Waals surface area contributed by atoms with E-state index in [0.29, 0.717) is 25.3 Å². The Morgan fingerprint density at radius 1 is 1.03 bits per heavy atom. The summed E-state index contributed by atoms with van der Waals surface area (Å²) < 4.78 is 32.9. The summed E-state index contributed by atoms with van der Waals surface area (Å²) in [5.41, 5.74) is 4.75. The van der Waals surface area contributed by atoms with Gasteiger partial charge in [0, 0.05) is 19.5 Å². The predicted octanol–water partition coefficient (Wildman–Crippen LogP) is 4.56. The normalized spacial score (nSPS) is 17.2. The molecule has 0 aromatic heterocycles. The van der Waals surface area contributed by atoms with Gasteiger partial charge in [0.15, 0.2) is 0 Å². The van der Waals surface area contributed by atoms with Crippen molar-refractivity contribution in [1.82, 2.24) is 9.62 Å². The Morgan fingerprint density at radius 3 is 2.47 bits per heavy atom. The molecule has 0 spiro atoms. The Labute approximate surface area is 203 Å². The number of benzene rings is 2. The maximum Gasteiger partial charge on any atom is 0.243 e. The van der Waals surface area contributed by atoms with E-state index in [-0.39, 0.29) is 23.3 Å². The van der Waals surface area contributed by atoms with Crippen molar-refractivity contribution in [2.75, 3.05) is 20.2 Å². The molecular formula is C27H36N2O4S. The maximum absolute atomic E-state index is 13.0. The summed E-state index contributed by atoms with van der Waals surface area (Å²) in [6.45, 7) is 3.21. The molecule has 2 aromatic rings. The number of sulfonamides is 1. The van der Waals surface area contributed by atoms with Gasteiger partial charge in [0.25, 0.3) is 0 Å². The zero-order valence-electron chi connectivity index (χ0n) is 20.3. The van der Waals surface area contributed by atoms with E-state index in [1.54, 1.807) is 25.3 Å². The van der Waals surface area contributed by atoms with E-state index >= 15 is 0 Å². The lowest BCUT2D eigenvalue weighted by molar-refractivity contribution is -0.121. The highest BCUT2D eigenvalue weighted by Gasteiger charge is 2.28. The molecule has 1 fully saturated rings. The molecule has 0 saturated carbocycles. The molecule has 1 N–H and O–H groups in total. The number of nitrogens with zero attached hydrogens (tertiary/aromatic N) is 1. The number of hydrogen-bond donors (Lipinski definition) is 1. The highest BCUT2D eigenvalue weighted by Crippen LogP contribution is 2.28. The molecular weight excluding hydrogens is 448 g/mol. The number of nitrogens with one attached hydrogen (secondary N) is 1. The van der Waals surface area contributed by atoms with E-state index in [1.165, 1.54) is 28.3 Å². The van der Waals surface area contributed by atoms with Crippen molar-refractivity contribution >= 4 is 15.9 Å². The predicted molar refractivity (Wildman–Crippen MR) is 134 cm³/mol. The third kappa shape index (κ3) is 5.47. The van der Waals surface area contributed by atoms with E-state index in [9.17, 15) is 13.2 Å². The Bertz CT molecular complexity index is 1120. The number of aryl methyl sites for hydroxylation is 3. The summed E-state index contributed by atoms with van der Waals surface area (Å²) in [7, 11) is -1.95. The van der Waals surface area contributed by atoms with Gasteiger partial charge < -0.3 is 10.1 Å². The SMILES string of the molecule is CC[C@@H](NC(=O)CCc1cc(S(=O)(=O)N2CCCC2)ccc1OC)c1ccc2c(c1)CCCC2. The average molecular weight is 485 g/mol. The minimum atomic E-state index is -3.51. The second-order valence-electron chi connectivity index (χ2n) is 9.35. The Balaban J connectivity index is 1.43. The Morgan fingerprint density at radius 2 is 1.76 bits per heavy atom. The van der Waals surface area contributed by atoms with Crippen molar-refractivity contribution in [2.45, 2.75) is 75.6 Å². The van der Waals surface area contributed by atoms with Crippen LogP contribution >= 0.6 is 0 Å². The van der Waals surface area contributed by atoms with E-state index in [2.05, 4.69) is 30.4 Å². The lowest BCUT2D eigenvalue weighted by Gasteiger charge is -2.22. The zero-order valence-corrected chi connectivity index (χ0v) is 21.1. The van der Waals surface area contributed by atoms with Gasteiger partial charge in [0.1, 0.15) is 5.75 Å². The Hall–Kier alpha value is -2.38. The molecule has 184 valence electrons. The smallest absolute Gasteiger partial charge is 0.243 e. The molecule has 6 nitrogen and oxygen atoms in total. The number of amides is 1. The molecule has 1 atom stereocenters. The van der Waals surface area contributed by atoms with Crippen LogP contribution in [0.5, 0.6) is 5.75 Å². The van der Waals surface area contributed by atoms with Crippen molar-refractivity contribution in [3.8, 4) is 5.75 Å². The van der Waals surface area contributed by atoms with Gasteiger partial charge in [-0.3, -0.25) is 4.79 Å².